The minimum Gasteiger partial charge on any atom is -0.437 e. The maximum absolute atomic E-state index is 12.7. The summed E-state index contributed by atoms with van der Waals surface area (Å²) in [4.78, 5) is 37.8. The molecule has 0 spiro atoms. The third-order valence-electron chi connectivity index (χ3n) is 4.43. The fraction of sp³-hybridized carbons (Fsp3) is 0.261. The summed E-state index contributed by atoms with van der Waals surface area (Å²) < 4.78 is 5.83. The van der Waals surface area contributed by atoms with Gasteiger partial charge in [0.1, 0.15) is 22.9 Å². The molecule has 0 saturated heterocycles. The largest absolute Gasteiger partial charge is 0.437 e. The predicted octanol–water partition coefficient (Wildman–Crippen LogP) is 3.97. The van der Waals surface area contributed by atoms with Crippen molar-refractivity contribution >= 4 is 28.9 Å². The zero-order chi connectivity index (χ0) is 22.8. The molecule has 0 bridgehead atoms. The number of H-pyrrole nitrogens is 1. The molecule has 2 heterocycles. The summed E-state index contributed by atoms with van der Waals surface area (Å²) in [6.07, 6.45) is 4.57. The number of carbonyl (C=O) groups is 2. The summed E-state index contributed by atoms with van der Waals surface area (Å²) in [5.74, 6) is 0.248. The Labute approximate surface area is 180 Å². The Hall–Kier alpha value is -3.99. The van der Waals surface area contributed by atoms with E-state index in [1.807, 2.05) is 26.8 Å². The van der Waals surface area contributed by atoms with Crippen LogP contribution in [-0.4, -0.2) is 45.6 Å². The molecule has 158 valence electrons. The molecule has 0 aliphatic carbocycles. The number of fused-ring (bicyclic) bond motifs is 1. The van der Waals surface area contributed by atoms with Crippen molar-refractivity contribution < 1.29 is 14.3 Å². The second kappa shape index (κ2) is 8.40. The summed E-state index contributed by atoms with van der Waals surface area (Å²) >= 11 is 0. The molecule has 8 heteroatoms. The monoisotopic (exact) mass is 417 g/mol. The minimum absolute atomic E-state index is 0.0148. The average molecular weight is 417 g/mol. The smallest absolute Gasteiger partial charge is 0.264 e. The van der Waals surface area contributed by atoms with Crippen molar-refractivity contribution in [1.29, 1.82) is 5.26 Å². The lowest BCUT2D eigenvalue weighted by atomic mass is 9.87. The first-order chi connectivity index (χ1) is 14.6. The van der Waals surface area contributed by atoms with Crippen LogP contribution in [0.1, 0.15) is 36.7 Å². The summed E-state index contributed by atoms with van der Waals surface area (Å²) in [5, 5.41) is 9.27. The van der Waals surface area contributed by atoms with Crippen molar-refractivity contribution in [3.63, 3.8) is 0 Å². The molecule has 0 saturated carbocycles. The maximum Gasteiger partial charge on any atom is 0.264 e. The average Bonchev–Trinajstić information content (AvgIpc) is 3.13. The predicted molar refractivity (Wildman–Crippen MR) is 116 cm³/mol. The topological polar surface area (TPSA) is 112 Å². The second-order valence-corrected chi connectivity index (χ2v) is 8.23. The number of aromatic nitrogens is 3. The van der Waals surface area contributed by atoms with Crippen LogP contribution >= 0.6 is 0 Å². The van der Waals surface area contributed by atoms with Gasteiger partial charge in [-0.25, -0.2) is 9.97 Å². The summed E-state index contributed by atoms with van der Waals surface area (Å²) in [5.41, 5.74) is 1.48. The molecule has 2 aromatic heterocycles. The molecule has 0 radical (unpaired) electrons. The van der Waals surface area contributed by atoms with Gasteiger partial charge in [0.2, 0.25) is 5.88 Å². The second-order valence-electron chi connectivity index (χ2n) is 8.23. The molecule has 0 atom stereocenters. The third kappa shape index (κ3) is 4.78. The SMILES string of the molecule is CN(C)C(=O)/C(C#N)=C/c1cccc(Oc2cnc3[nH]cc(C(=O)C(C)(C)C)c3n2)c1. The van der Waals surface area contributed by atoms with Crippen molar-refractivity contribution in [2.75, 3.05) is 14.1 Å². The molecule has 0 aliphatic heterocycles. The zero-order valence-corrected chi connectivity index (χ0v) is 18.1. The molecule has 31 heavy (non-hydrogen) atoms. The number of carbonyl (C=O) groups excluding carboxylic acids is 2. The van der Waals surface area contributed by atoms with E-state index in [0.29, 0.717) is 28.0 Å². The lowest BCUT2D eigenvalue weighted by molar-refractivity contribution is -0.124. The molecule has 0 aliphatic rings. The van der Waals surface area contributed by atoms with Crippen LogP contribution in [0.15, 0.2) is 42.2 Å². The van der Waals surface area contributed by atoms with Crippen LogP contribution in [0, 0.1) is 16.7 Å². The lowest BCUT2D eigenvalue weighted by Gasteiger charge is -2.15. The highest BCUT2D eigenvalue weighted by molar-refractivity contribution is 6.08. The Morgan fingerprint density at radius 3 is 2.65 bits per heavy atom. The molecule has 0 fully saturated rings. The van der Waals surface area contributed by atoms with Gasteiger partial charge in [-0.15, -0.1) is 0 Å². The number of amides is 1. The van der Waals surface area contributed by atoms with Crippen molar-refractivity contribution in [3.8, 4) is 17.7 Å². The molecular weight excluding hydrogens is 394 g/mol. The van der Waals surface area contributed by atoms with Crippen molar-refractivity contribution in [2.24, 2.45) is 5.41 Å². The number of nitrogens with zero attached hydrogens (tertiary/aromatic N) is 4. The van der Waals surface area contributed by atoms with Crippen LogP contribution in [0.25, 0.3) is 17.2 Å². The fourth-order valence-electron chi connectivity index (χ4n) is 2.84. The number of nitriles is 1. The third-order valence-corrected chi connectivity index (χ3v) is 4.43. The first kappa shape index (κ1) is 21.7. The molecule has 8 nitrogen and oxygen atoms in total. The lowest BCUT2D eigenvalue weighted by Crippen LogP contribution is -2.22. The Kier molecular flexibility index (Phi) is 5.88. The molecule has 1 amide bonds. The van der Waals surface area contributed by atoms with Gasteiger partial charge in [0.25, 0.3) is 5.91 Å². The highest BCUT2D eigenvalue weighted by atomic mass is 16.5. The number of hydrogen-bond donors (Lipinski definition) is 1. The van der Waals surface area contributed by atoms with Gasteiger partial charge in [-0.3, -0.25) is 9.59 Å². The van der Waals surface area contributed by atoms with E-state index in [2.05, 4.69) is 15.0 Å². The highest BCUT2D eigenvalue weighted by Gasteiger charge is 2.26. The van der Waals surface area contributed by atoms with Crippen LogP contribution in [0.3, 0.4) is 0 Å². The molecule has 1 N–H and O–H groups in total. The zero-order valence-electron chi connectivity index (χ0n) is 18.1. The van der Waals surface area contributed by atoms with Gasteiger partial charge in [0.15, 0.2) is 11.4 Å². The highest BCUT2D eigenvalue weighted by Crippen LogP contribution is 2.27. The Morgan fingerprint density at radius 2 is 2.00 bits per heavy atom. The standard InChI is InChI=1S/C23H23N5O3/c1-23(2,3)20(29)17-12-25-21-19(17)27-18(13-26-21)31-16-8-6-7-14(10-16)9-15(11-24)22(30)28(4)5/h6-10,12-13H,1-5H3,(H,25,26)/b15-9+. The summed E-state index contributed by atoms with van der Waals surface area (Å²) in [6.45, 7) is 5.53. The van der Waals surface area contributed by atoms with E-state index in [0.717, 1.165) is 0 Å². The van der Waals surface area contributed by atoms with Crippen LogP contribution in [0.2, 0.25) is 0 Å². The number of ketones is 1. The number of benzene rings is 1. The number of aromatic amines is 1. The first-order valence-corrected chi connectivity index (χ1v) is 9.60. The van der Waals surface area contributed by atoms with Gasteiger partial charge in [0.05, 0.1) is 11.8 Å². The Balaban J connectivity index is 1.91. The van der Waals surface area contributed by atoms with E-state index in [1.54, 1.807) is 44.6 Å². The fourth-order valence-corrected chi connectivity index (χ4v) is 2.84. The van der Waals surface area contributed by atoms with Gasteiger partial charge in [0, 0.05) is 25.7 Å². The van der Waals surface area contributed by atoms with E-state index in [4.69, 9.17) is 4.74 Å². The maximum atomic E-state index is 12.7. The number of nitrogens with one attached hydrogen (secondary N) is 1. The van der Waals surface area contributed by atoms with Crippen LogP contribution in [0.5, 0.6) is 11.6 Å². The molecule has 0 unspecified atom stereocenters. The molecule has 3 aromatic rings. The van der Waals surface area contributed by atoms with Crippen molar-refractivity contribution in [1.82, 2.24) is 19.9 Å². The van der Waals surface area contributed by atoms with Crippen LogP contribution in [-0.2, 0) is 4.79 Å². The Bertz CT molecular complexity index is 1230. The summed E-state index contributed by atoms with van der Waals surface area (Å²) in [7, 11) is 3.17. The van der Waals surface area contributed by atoms with Gasteiger partial charge in [-0.2, -0.15) is 5.26 Å². The number of ether oxygens (including phenoxy) is 1. The van der Waals surface area contributed by atoms with E-state index in [9.17, 15) is 14.9 Å². The number of likely N-dealkylation sites (N-methyl/N-ethyl adjacent to an activating group) is 1. The number of rotatable bonds is 5. The van der Waals surface area contributed by atoms with Gasteiger partial charge >= 0.3 is 0 Å². The van der Waals surface area contributed by atoms with Crippen molar-refractivity contribution in [3.05, 3.63) is 53.4 Å². The molecule has 3 rings (SSSR count). The van der Waals surface area contributed by atoms with E-state index < -0.39 is 5.41 Å². The number of Topliss-reactive ketones (excluding diaryl/α,β-unsaturated/α-hetero) is 1. The number of hydrogen-bond acceptors (Lipinski definition) is 6. The van der Waals surface area contributed by atoms with Crippen LogP contribution < -0.4 is 4.74 Å². The first-order valence-electron chi connectivity index (χ1n) is 9.60. The summed E-state index contributed by atoms with van der Waals surface area (Å²) in [6, 6.07) is 8.83. The molecule has 1 aromatic carbocycles. The van der Waals surface area contributed by atoms with Gasteiger partial charge in [-0.05, 0) is 23.8 Å². The van der Waals surface area contributed by atoms with E-state index in [1.165, 1.54) is 17.2 Å². The van der Waals surface area contributed by atoms with Gasteiger partial charge in [-0.1, -0.05) is 32.9 Å². The normalized spacial score (nSPS) is 11.8. The van der Waals surface area contributed by atoms with E-state index in [-0.39, 0.29) is 23.1 Å². The quantitative estimate of drug-likeness (QED) is 0.382. The van der Waals surface area contributed by atoms with Crippen LogP contribution in [0.4, 0.5) is 0 Å². The van der Waals surface area contributed by atoms with Gasteiger partial charge < -0.3 is 14.6 Å². The molecular formula is C23H23N5O3. The Morgan fingerprint density at radius 1 is 1.26 bits per heavy atom. The van der Waals surface area contributed by atoms with Crippen molar-refractivity contribution in [2.45, 2.75) is 20.8 Å². The minimum atomic E-state index is -0.559. The van der Waals surface area contributed by atoms with E-state index >= 15 is 0 Å².